The van der Waals surface area contributed by atoms with Gasteiger partial charge >= 0.3 is 5.97 Å². The smallest absolute Gasteiger partial charge is 0.338 e. The number of aromatic nitrogens is 1. The normalized spacial score (nSPS) is 10.5. The molecular weight excluding hydrogens is 358 g/mol. The molecule has 3 aromatic rings. The van der Waals surface area contributed by atoms with Crippen molar-refractivity contribution in [1.82, 2.24) is 4.98 Å². The molecule has 0 aliphatic rings. The largest absolute Gasteiger partial charge is 0.462 e. The number of nitrogens with one attached hydrogen (secondary N) is 1. The van der Waals surface area contributed by atoms with Gasteiger partial charge < -0.3 is 4.74 Å². The first-order chi connectivity index (χ1) is 12.5. The van der Waals surface area contributed by atoms with Gasteiger partial charge in [-0.1, -0.05) is 11.3 Å². The number of hydrogen-bond acceptors (Lipinski definition) is 7. The summed E-state index contributed by atoms with van der Waals surface area (Å²) in [7, 11) is 0. The van der Waals surface area contributed by atoms with E-state index in [1.54, 1.807) is 25.1 Å². The number of benzene rings is 2. The monoisotopic (exact) mass is 371 g/mol. The number of nitro benzene ring substituents is 1. The van der Waals surface area contributed by atoms with Gasteiger partial charge in [-0.3, -0.25) is 20.2 Å². The molecule has 0 radical (unpaired) electrons. The second kappa shape index (κ2) is 7.28. The van der Waals surface area contributed by atoms with E-state index in [1.807, 2.05) is 0 Å². The van der Waals surface area contributed by atoms with Crippen LogP contribution in [0.2, 0.25) is 0 Å². The summed E-state index contributed by atoms with van der Waals surface area (Å²) in [6.45, 7) is 2.02. The van der Waals surface area contributed by atoms with Crippen LogP contribution in [0.1, 0.15) is 27.6 Å². The minimum atomic E-state index is -0.531. The number of nitrogens with zero attached hydrogens (tertiary/aromatic N) is 2. The Morgan fingerprint density at radius 3 is 2.54 bits per heavy atom. The molecule has 0 bridgehead atoms. The highest BCUT2D eigenvalue weighted by Crippen LogP contribution is 2.27. The van der Waals surface area contributed by atoms with Crippen LogP contribution in [0.25, 0.3) is 10.2 Å². The van der Waals surface area contributed by atoms with E-state index in [0.29, 0.717) is 16.2 Å². The molecule has 0 fully saturated rings. The third-order valence-corrected chi connectivity index (χ3v) is 4.39. The summed E-state index contributed by atoms with van der Waals surface area (Å²) in [4.78, 5) is 38.4. The maximum absolute atomic E-state index is 12.2. The van der Waals surface area contributed by atoms with E-state index in [0.717, 1.165) is 4.70 Å². The molecule has 1 amide bonds. The van der Waals surface area contributed by atoms with Crippen molar-refractivity contribution in [2.24, 2.45) is 0 Å². The molecule has 0 aliphatic heterocycles. The standard InChI is InChI=1S/C17H13N3O5S/c1-2-25-16(22)11-5-8-13-14(9-11)26-17(18-13)19-15(21)10-3-6-12(7-4-10)20(23)24/h3-9H,2H2,1H3,(H,18,19,21). The Kier molecular flexibility index (Phi) is 4.90. The predicted molar refractivity (Wildman–Crippen MR) is 96.6 cm³/mol. The van der Waals surface area contributed by atoms with Crippen LogP contribution in [0, 0.1) is 10.1 Å². The van der Waals surface area contributed by atoms with Crippen molar-refractivity contribution >= 4 is 44.2 Å². The lowest BCUT2D eigenvalue weighted by Gasteiger charge is -2.00. The fourth-order valence-electron chi connectivity index (χ4n) is 2.22. The van der Waals surface area contributed by atoms with E-state index < -0.39 is 16.8 Å². The summed E-state index contributed by atoms with van der Waals surface area (Å²) in [5.74, 6) is -0.844. The SMILES string of the molecule is CCOC(=O)c1ccc2nc(NC(=O)c3ccc([N+](=O)[O-])cc3)sc2c1. The number of thiazole rings is 1. The van der Waals surface area contributed by atoms with Crippen molar-refractivity contribution < 1.29 is 19.2 Å². The van der Waals surface area contributed by atoms with E-state index >= 15 is 0 Å². The maximum atomic E-state index is 12.2. The van der Waals surface area contributed by atoms with Gasteiger partial charge in [0, 0.05) is 17.7 Å². The zero-order chi connectivity index (χ0) is 18.7. The van der Waals surface area contributed by atoms with E-state index in [1.165, 1.54) is 35.6 Å². The number of hydrogen-bond donors (Lipinski definition) is 1. The first-order valence-electron chi connectivity index (χ1n) is 7.61. The molecular formula is C17H13N3O5S. The number of nitro groups is 1. The van der Waals surface area contributed by atoms with Gasteiger partial charge in [0.1, 0.15) is 0 Å². The lowest BCUT2D eigenvalue weighted by Crippen LogP contribution is -2.11. The fraction of sp³-hybridized carbons (Fsp3) is 0.118. The zero-order valence-corrected chi connectivity index (χ0v) is 14.4. The van der Waals surface area contributed by atoms with Crippen LogP contribution in [0.15, 0.2) is 42.5 Å². The first kappa shape index (κ1) is 17.5. The summed E-state index contributed by atoms with van der Waals surface area (Å²) in [5.41, 5.74) is 1.24. The molecule has 9 heteroatoms. The molecule has 0 saturated carbocycles. The summed E-state index contributed by atoms with van der Waals surface area (Å²) >= 11 is 1.22. The highest BCUT2D eigenvalue weighted by molar-refractivity contribution is 7.22. The molecule has 1 N–H and O–H groups in total. The Morgan fingerprint density at radius 2 is 1.88 bits per heavy atom. The minimum Gasteiger partial charge on any atom is -0.462 e. The summed E-state index contributed by atoms with van der Waals surface area (Å²) < 4.78 is 5.69. The Morgan fingerprint density at radius 1 is 1.19 bits per heavy atom. The Labute approximate surface area is 151 Å². The molecule has 26 heavy (non-hydrogen) atoms. The highest BCUT2D eigenvalue weighted by atomic mass is 32.1. The van der Waals surface area contributed by atoms with E-state index in [9.17, 15) is 19.7 Å². The van der Waals surface area contributed by atoms with Crippen molar-refractivity contribution in [3.63, 3.8) is 0 Å². The summed E-state index contributed by atoms with van der Waals surface area (Å²) in [5, 5.41) is 13.7. The average Bonchev–Trinajstić information content (AvgIpc) is 3.03. The van der Waals surface area contributed by atoms with Crippen LogP contribution in [-0.2, 0) is 4.74 Å². The molecule has 3 rings (SSSR count). The highest BCUT2D eigenvalue weighted by Gasteiger charge is 2.14. The Hall–Kier alpha value is -3.33. The quantitative estimate of drug-likeness (QED) is 0.416. The topological polar surface area (TPSA) is 111 Å². The molecule has 0 spiro atoms. The van der Waals surface area contributed by atoms with Crippen molar-refractivity contribution in [3.8, 4) is 0 Å². The van der Waals surface area contributed by atoms with Crippen LogP contribution in [0.3, 0.4) is 0 Å². The Bertz CT molecular complexity index is 997. The molecule has 0 unspecified atom stereocenters. The maximum Gasteiger partial charge on any atom is 0.338 e. The van der Waals surface area contributed by atoms with E-state index in [2.05, 4.69) is 10.3 Å². The molecule has 0 aliphatic carbocycles. The van der Waals surface area contributed by atoms with Gasteiger partial charge in [-0.2, -0.15) is 0 Å². The molecule has 0 atom stereocenters. The van der Waals surface area contributed by atoms with Crippen LogP contribution >= 0.6 is 11.3 Å². The summed E-state index contributed by atoms with van der Waals surface area (Å²) in [6, 6.07) is 10.2. The van der Waals surface area contributed by atoms with Crippen LogP contribution in [0.5, 0.6) is 0 Å². The van der Waals surface area contributed by atoms with Gasteiger partial charge in [0.2, 0.25) is 0 Å². The first-order valence-corrected chi connectivity index (χ1v) is 8.43. The predicted octanol–water partition coefficient (Wildman–Crippen LogP) is 3.63. The number of ether oxygens (including phenoxy) is 1. The second-order valence-electron chi connectivity index (χ2n) is 5.18. The lowest BCUT2D eigenvalue weighted by molar-refractivity contribution is -0.384. The van der Waals surface area contributed by atoms with Gasteiger partial charge in [-0.15, -0.1) is 0 Å². The third-order valence-electron chi connectivity index (χ3n) is 3.46. The third kappa shape index (κ3) is 3.67. The molecule has 1 aromatic heterocycles. The molecule has 2 aromatic carbocycles. The molecule has 8 nitrogen and oxygen atoms in total. The van der Waals surface area contributed by atoms with Gasteiger partial charge in [-0.05, 0) is 37.3 Å². The van der Waals surface area contributed by atoms with Crippen LogP contribution in [-0.4, -0.2) is 28.4 Å². The fourth-order valence-corrected chi connectivity index (χ4v) is 3.12. The molecule has 1 heterocycles. The second-order valence-corrected chi connectivity index (χ2v) is 6.21. The minimum absolute atomic E-state index is 0.0898. The van der Waals surface area contributed by atoms with Gasteiger partial charge in [0.15, 0.2) is 5.13 Å². The van der Waals surface area contributed by atoms with Crippen LogP contribution < -0.4 is 5.32 Å². The number of non-ortho nitro benzene ring substituents is 1. The lowest BCUT2D eigenvalue weighted by atomic mass is 10.2. The number of fused-ring (bicyclic) bond motifs is 1. The number of esters is 1. The van der Waals surface area contributed by atoms with Gasteiger partial charge in [0.05, 0.1) is 27.3 Å². The van der Waals surface area contributed by atoms with Crippen molar-refractivity contribution in [1.29, 1.82) is 0 Å². The number of carbonyl (C=O) groups excluding carboxylic acids is 2. The average molecular weight is 371 g/mol. The van der Waals surface area contributed by atoms with Crippen molar-refractivity contribution in [2.75, 3.05) is 11.9 Å². The molecule has 0 saturated heterocycles. The molecule has 132 valence electrons. The van der Waals surface area contributed by atoms with Crippen molar-refractivity contribution in [2.45, 2.75) is 6.92 Å². The van der Waals surface area contributed by atoms with Crippen molar-refractivity contribution in [3.05, 3.63) is 63.7 Å². The number of anilines is 1. The van der Waals surface area contributed by atoms with E-state index in [-0.39, 0.29) is 17.9 Å². The number of amides is 1. The van der Waals surface area contributed by atoms with Gasteiger partial charge in [-0.25, -0.2) is 9.78 Å². The van der Waals surface area contributed by atoms with Crippen LogP contribution in [0.4, 0.5) is 10.8 Å². The van der Waals surface area contributed by atoms with E-state index in [4.69, 9.17) is 4.74 Å². The van der Waals surface area contributed by atoms with Gasteiger partial charge in [0.25, 0.3) is 11.6 Å². The number of carbonyl (C=O) groups is 2. The summed E-state index contributed by atoms with van der Waals surface area (Å²) in [6.07, 6.45) is 0. The zero-order valence-electron chi connectivity index (χ0n) is 13.6. The number of rotatable bonds is 5. The Balaban J connectivity index is 1.78.